The number of amides is 1. The van der Waals surface area contributed by atoms with Crippen LogP contribution in [0.3, 0.4) is 0 Å². The van der Waals surface area contributed by atoms with E-state index in [0.29, 0.717) is 39.3 Å². The van der Waals surface area contributed by atoms with E-state index in [9.17, 15) is 9.59 Å². The molecule has 0 atom stereocenters. The molecule has 0 aliphatic carbocycles. The van der Waals surface area contributed by atoms with E-state index in [-0.39, 0.29) is 11.7 Å². The largest absolute Gasteiger partial charge is 0.497 e. The number of ether oxygens (including phenoxy) is 1. The third-order valence-corrected chi connectivity index (χ3v) is 4.90. The number of rotatable bonds is 4. The molecule has 2 aromatic rings. The van der Waals surface area contributed by atoms with Crippen LogP contribution in [0.1, 0.15) is 32.2 Å². The molecular weight excluding hydrogens is 340 g/mol. The number of aromatic nitrogens is 3. The summed E-state index contributed by atoms with van der Waals surface area (Å²) in [7, 11) is 1.57. The zero-order chi connectivity index (χ0) is 18.1. The molecule has 25 heavy (non-hydrogen) atoms. The zero-order valence-corrected chi connectivity index (χ0v) is 15.3. The van der Waals surface area contributed by atoms with Crippen molar-refractivity contribution in [3.63, 3.8) is 0 Å². The minimum atomic E-state index is -0.229. The molecule has 1 aromatic carbocycles. The third-order valence-electron chi connectivity index (χ3n) is 3.77. The molecular formula is C17H18N4O3S. The fraction of sp³-hybridized carbons (Fsp3) is 0.294. The normalized spacial score (nSPS) is 13.7. The Bertz CT molecular complexity index is 888. The van der Waals surface area contributed by atoms with E-state index in [1.165, 1.54) is 30.6 Å². The summed E-state index contributed by atoms with van der Waals surface area (Å²) in [5, 5.41) is 10.2. The van der Waals surface area contributed by atoms with Gasteiger partial charge in [0, 0.05) is 18.9 Å². The van der Waals surface area contributed by atoms with E-state index in [1.54, 1.807) is 17.9 Å². The van der Waals surface area contributed by atoms with Gasteiger partial charge in [0.2, 0.25) is 11.1 Å². The highest BCUT2D eigenvalue weighted by Gasteiger charge is 2.34. The second kappa shape index (κ2) is 6.72. The molecule has 0 spiro atoms. The van der Waals surface area contributed by atoms with Gasteiger partial charge in [0.25, 0.3) is 0 Å². The molecule has 0 fully saturated rings. The van der Waals surface area contributed by atoms with Crippen molar-refractivity contribution in [2.75, 3.05) is 12.1 Å². The molecule has 1 aromatic heterocycles. The number of thioether (sulfide) groups is 1. The topological polar surface area (TPSA) is 77.3 Å². The predicted octanol–water partition coefficient (Wildman–Crippen LogP) is 2.40. The zero-order valence-electron chi connectivity index (χ0n) is 14.4. The lowest BCUT2D eigenvalue weighted by atomic mass is 10.1. The Labute approximate surface area is 149 Å². The summed E-state index contributed by atoms with van der Waals surface area (Å²) in [6, 6.07) is 7.28. The number of fused-ring (bicyclic) bond motifs is 1. The molecule has 0 saturated heterocycles. The van der Waals surface area contributed by atoms with Crippen LogP contribution in [0.15, 0.2) is 34.3 Å². The molecule has 2 heterocycles. The molecule has 1 aliphatic heterocycles. The van der Waals surface area contributed by atoms with Crippen LogP contribution >= 0.6 is 11.8 Å². The van der Waals surface area contributed by atoms with Crippen molar-refractivity contribution >= 4 is 29.1 Å². The van der Waals surface area contributed by atoms with Gasteiger partial charge in [-0.2, -0.15) is 0 Å². The van der Waals surface area contributed by atoms with E-state index in [4.69, 9.17) is 4.74 Å². The molecule has 0 radical (unpaired) electrons. The molecule has 1 aliphatic rings. The highest BCUT2D eigenvalue weighted by atomic mass is 32.2. The minimum absolute atomic E-state index is 0.138. The third kappa shape index (κ3) is 2.93. The molecule has 7 nitrogen and oxygen atoms in total. The Morgan fingerprint density at radius 1 is 1.24 bits per heavy atom. The van der Waals surface area contributed by atoms with Crippen LogP contribution in [-0.2, 0) is 16.0 Å². The van der Waals surface area contributed by atoms with Crippen molar-refractivity contribution in [3.05, 3.63) is 40.6 Å². The van der Waals surface area contributed by atoms with Gasteiger partial charge in [0.15, 0.2) is 11.6 Å². The summed E-state index contributed by atoms with van der Waals surface area (Å²) >= 11 is 1.22. The molecule has 0 bridgehead atoms. The van der Waals surface area contributed by atoms with Gasteiger partial charge in [-0.25, -0.2) is 9.69 Å². The lowest BCUT2D eigenvalue weighted by Gasteiger charge is -2.32. The summed E-state index contributed by atoms with van der Waals surface area (Å²) < 4.78 is 6.96. The number of methoxy groups -OCH3 is 1. The lowest BCUT2D eigenvalue weighted by Crippen LogP contribution is -2.41. The first-order valence-corrected chi connectivity index (χ1v) is 8.62. The SMILES string of the molecule is CCc1nnc2n1N(C(C)=O)C(c1cccc(OC)c1)=C(C(C)=O)S2. The van der Waals surface area contributed by atoms with Crippen molar-refractivity contribution in [2.24, 2.45) is 0 Å². The van der Waals surface area contributed by atoms with Gasteiger partial charge in [0.05, 0.1) is 17.7 Å². The molecule has 3 rings (SSSR count). The molecule has 8 heteroatoms. The number of carbonyl (C=O) groups excluding carboxylic acids is 2. The smallest absolute Gasteiger partial charge is 0.243 e. The Morgan fingerprint density at radius 3 is 2.60 bits per heavy atom. The average molecular weight is 358 g/mol. The highest BCUT2D eigenvalue weighted by Crippen LogP contribution is 2.40. The molecule has 1 amide bonds. The van der Waals surface area contributed by atoms with E-state index in [1.807, 2.05) is 25.1 Å². The number of carbonyl (C=O) groups is 2. The van der Waals surface area contributed by atoms with Gasteiger partial charge in [-0.1, -0.05) is 19.1 Å². The van der Waals surface area contributed by atoms with Crippen molar-refractivity contribution in [1.82, 2.24) is 14.9 Å². The van der Waals surface area contributed by atoms with Gasteiger partial charge >= 0.3 is 0 Å². The summed E-state index contributed by atoms with van der Waals surface area (Å²) in [4.78, 5) is 25.2. The first-order chi connectivity index (χ1) is 12.0. The molecule has 0 unspecified atom stereocenters. The number of benzene rings is 1. The summed E-state index contributed by atoms with van der Waals surface area (Å²) in [6.45, 7) is 4.88. The Hall–Kier alpha value is -2.61. The van der Waals surface area contributed by atoms with Gasteiger partial charge < -0.3 is 4.74 Å². The number of hydrogen-bond acceptors (Lipinski definition) is 6. The van der Waals surface area contributed by atoms with E-state index < -0.39 is 0 Å². The number of hydrogen-bond donors (Lipinski definition) is 0. The Kier molecular flexibility index (Phi) is 4.63. The second-order valence-corrected chi connectivity index (χ2v) is 6.44. The van der Waals surface area contributed by atoms with Crippen LogP contribution in [0.2, 0.25) is 0 Å². The first kappa shape index (κ1) is 17.2. The summed E-state index contributed by atoms with van der Waals surface area (Å²) in [5.41, 5.74) is 1.24. The highest BCUT2D eigenvalue weighted by molar-refractivity contribution is 8.04. The number of Topliss-reactive ketones (excluding diaryl/α,β-unsaturated/α-hetero) is 1. The van der Waals surface area contributed by atoms with Crippen LogP contribution < -0.4 is 9.75 Å². The maximum absolute atomic E-state index is 12.5. The number of ketones is 1. The van der Waals surface area contributed by atoms with Crippen LogP contribution in [0, 0.1) is 0 Å². The van der Waals surface area contributed by atoms with Crippen molar-refractivity contribution in [1.29, 1.82) is 0 Å². The fourth-order valence-electron chi connectivity index (χ4n) is 2.68. The van der Waals surface area contributed by atoms with Crippen molar-refractivity contribution in [3.8, 4) is 5.75 Å². The predicted molar refractivity (Wildman–Crippen MR) is 94.8 cm³/mol. The van der Waals surface area contributed by atoms with Crippen molar-refractivity contribution < 1.29 is 14.3 Å². The maximum atomic E-state index is 12.5. The van der Waals surface area contributed by atoms with E-state index in [2.05, 4.69) is 10.2 Å². The quantitative estimate of drug-likeness (QED) is 0.835. The van der Waals surface area contributed by atoms with Crippen LogP contribution in [-0.4, -0.2) is 33.7 Å². The molecule has 130 valence electrons. The summed E-state index contributed by atoms with van der Waals surface area (Å²) in [5.74, 6) is 0.932. The number of nitrogens with zero attached hydrogens (tertiary/aromatic N) is 4. The van der Waals surface area contributed by atoms with E-state index in [0.717, 1.165) is 0 Å². The molecule has 0 N–H and O–H groups in total. The second-order valence-electron chi connectivity index (χ2n) is 5.46. The molecule has 0 saturated carbocycles. The van der Waals surface area contributed by atoms with Crippen molar-refractivity contribution in [2.45, 2.75) is 32.3 Å². The Balaban J connectivity index is 2.28. The Morgan fingerprint density at radius 2 is 2.00 bits per heavy atom. The maximum Gasteiger partial charge on any atom is 0.243 e. The van der Waals surface area contributed by atoms with E-state index >= 15 is 0 Å². The van der Waals surface area contributed by atoms with Gasteiger partial charge in [-0.3, -0.25) is 9.59 Å². The monoisotopic (exact) mass is 358 g/mol. The van der Waals surface area contributed by atoms with Crippen LogP contribution in [0.5, 0.6) is 5.75 Å². The average Bonchev–Trinajstić information content (AvgIpc) is 3.02. The lowest BCUT2D eigenvalue weighted by molar-refractivity contribution is -0.117. The standard InChI is InChI=1S/C17H18N4O3S/c1-5-14-18-19-17-21(14)20(11(3)23)15(16(25-17)10(2)22)12-7-6-8-13(9-12)24-4/h6-9H,5H2,1-4H3. The van der Waals surface area contributed by atoms with Crippen LogP contribution in [0.4, 0.5) is 0 Å². The first-order valence-electron chi connectivity index (χ1n) is 7.80. The number of allylic oxidation sites excluding steroid dienone is 1. The fourth-order valence-corrected chi connectivity index (χ4v) is 3.66. The van der Waals surface area contributed by atoms with Gasteiger partial charge in [-0.05, 0) is 30.8 Å². The summed E-state index contributed by atoms with van der Waals surface area (Å²) in [6.07, 6.45) is 0.609. The minimum Gasteiger partial charge on any atom is -0.497 e. The van der Waals surface area contributed by atoms with Gasteiger partial charge in [-0.15, -0.1) is 10.2 Å². The number of aryl methyl sites for hydroxylation is 1. The van der Waals surface area contributed by atoms with Crippen LogP contribution in [0.25, 0.3) is 5.70 Å². The van der Waals surface area contributed by atoms with Gasteiger partial charge in [0.1, 0.15) is 5.75 Å².